The number of hydrogen-bond acceptors (Lipinski definition) is 1. The van der Waals surface area contributed by atoms with Gasteiger partial charge in [-0.2, -0.15) is 0 Å². The van der Waals surface area contributed by atoms with Crippen molar-refractivity contribution in [2.75, 3.05) is 12.5 Å². The minimum Gasteiger partial charge on any atom is -0.373 e. The molecule has 0 aromatic heterocycles. The average Bonchev–Trinajstić information content (AvgIpc) is 2.70. The maximum Gasteiger partial charge on any atom is 0.141 e. The number of benzene rings is 1. The Morgan fingerprint density at radius 2 is 2.27 bits per heavy atom. The summed E-state index contributed by atoms with van der Waals surface area (Å²) in [7, 11) is 0. The number of ether oxygens (including phenoxy) is 1. The third kappa shape index (κ3) is 2.27. The van der Waals surface area contributed by atoms with Crippen molar-refractivity contribution in [3.8, 4) is 0 Å². The lowest BCUT2D eigenvalue weighted by Crippen LogP contribution is -2.08. The first kappa shape index (κ1) is 11.2. The Bertz CT molecular complexity index is 356. The van der Waals surface area contributed by atoms with Crippen molar-refractivity contribution < 1.29 is 9.13 Å². The third-order valence-electron chi connectivity index (χ3n) is 2.68. The molecule has 0 spiro atoms. The van der Waals surface area contributed by atoms with E-state index in [1.165, 1.54) is 6.07 Å². The minimum absolute atomic E-state index is 0.0411. The highest BCUT2D eigenvalue weighted by molar-refractivity contribution is 6.30. The van der Waals surface area contributed by atoms with Crippen LogP contribution in [-0.2, 0) is 4.74 Å². The fourth-order valence-corrected chi connectivity index (χ4v) is 2.35. The zero-order chi connectivity index (χ0) is 10.8. The van der Waals surface area contributed by atoms with Crippen LogP contribution in [0.1, 0.15) is 18.1 Å². The molecule has 2 atom stereocenters. The molecule has 82 valence electrons. The van der Waals surface area contributed by atoms with Gasteiger partial charge in [0, 0.05) is 18.4 Å². The maximum atomic E-state index is 13.0. The van der Waals surface area contributed by atoms with Crippen LogP contribution in [0.5, 0.6) is 0 Å². The summed E-state index contributed by atoms with van der Waals surface area (Å²) in [6, 6.07) is 4.69. The number of rotatable bonds is 2. The van der Waals surface area contributed by atoms with E-state index >= 15 is 0 Å². The largest absolute Gasteiger partial charge is 0.373 e. The molecular formula is C11H11Cl2FO. The zero-order valence-electron chi connectivity index (χ0n) is 8.05. The molecule has 4 heteroatoms. The first-order valence-electron chi connectivity index (χ1n) is 4.85. The molecule has 15 heavy (non-hydrogen) atoms. The molecule has 1 aliphatic rings. The highest BCUT2D eigenvalue weighted by atomic mass is 35.5. The Morgan fingerprint density at radius 3 is 2.93 bits per heavy atom. The van der Waals surface area contributed by atoms with Crippen LogP contribution in [0.4, 0.5) is 4.39 Å². The number of halogens is 3. The highest BCUT2D eigenvalue weighted by Gasteiger charge is 2.29. The van der Waals surface area contributed by atoms with Gasteiger partial charge in [0.2, 0.25) is 0 Å². The predicted molar refractivity (Wildman–Crippen MR) is 58.9 cm³/mol. The van der Waals surface area contributed by atoms with E-state index in [0.29, 0.717) is 18.4 Å². The van der Waals surface area contributed by atoms with E-state index in [4.69, 9.17) is 27.9 Å². The maximum absolute atomic E-state index is 13.0. The fraction of sp³-hybridized carbons (Fsp3) is 0.455. The van der Waals surface area contributed by atoms with Gasteiger partial charge in [0.1, 0.15) is 5.82 Å². The monoisotopic (exact) mass is 248 g/mol. The van der Waals surface area contributed by atoms with Crippen LogP contribution in [0.2, 0.25) is 5.02 Å². The molecule has 0 aliphatic carbocycles. The van der Waals surface area contributed by atoms with Gasteiger partial charge in [0.05, 0.1) is 11.1 Å². The molecule has 1 fully saturated rings. The third-order valence-corrected chi connectivity index (χ3v) is 3.37. The van der Waals surface area contributed by atoms with Crippen molar-refractivity contribution in [1.29, 1.82) is 0 Å². The Balaban J connectivity index is 2.25. The number of hydrogen-bond donors (Lipinski definition) is 0. The smallest absolute Gasteiger partial charge is 0.141 e. The Labute approximate surface area is 98.1 Å². The molecule has 0 N–H and O–H groups in total. The van der Waals surface area contributed by atoms with Crippen LogP contribution in [0.3, 0.4) is 0 Å². The van der Waals surface area contributed by atoms with Crippen LogP contribution in [0.25, 0.3) is 0 Å². The van der Waals surface area contributed by atoms with Crippen molar-refractivity contribution >= 4 is 23.2 Å². The van der Waals surface area contributed by atoms with Gasteiger partial charge in [0.15, 0.2) is 0 Å². The van der Waals surface area contributed by atoms with Gasteiger partial charge in [-0.05, 0) is 24.1 Å². The van der Waals surface area contributed by atoms with Crippen molar-refractivity contribution in [3.05, 3.63) is 34.6 Å². The standard InChI is InChI=1S/C11H11Cl2FO/c12-6-8-3-4-15-11(8)7-1-2-10(14)9(13)5-7/h1-2,5,8,11H,3-4,6H2. The van der Waals surface area contributed by atoms with E-state index in [1.54, 1.807) is 12.1 Å². The molecule has 2 rings (SSSR count). The van der Waals surface area contributed by atoms with Gasteiger partial charge in [-0.1, -0.05) is 17.7 Å². The van der Waals surface area contributed by atoms with Gasteiger partial charge in [-0.15, -0.1) is 11.6 Å². The van der Waals surface area contributed by atoms with Crippen LogP contribution in [0, 0.1) is 11.7 Å². The molecule has 0 saturated carbocycles. The average molecular weight is 249 g/mol. The summed E-state index contributed by atoms with van der Waals surface area (Å²) >= 11 is 11.6. The predicted octanol–water partition coefficient (Wildman–Crippen LogP) is 3.80. The van der Waals surface area contributed by atoms with Gasteiger partial charge in [0.25, 0.3) is 0 Å². The van der Waals surface area contributed by atoms with E-state index in [0.717, 1.165) is 12.0 Å². The first-order chi connectivity index (χ1) is 7.22. The van der Waals surface area contributed by atoms with E-state index < -0.39 is 5.82 Å². The van der Waals surface area contributed by atoms with Crippen molar-refractivity contribution in [1.82, 2.24) is 0 Å². The van der Waals surface area contributed by atoms with E-state index in [1.807, 2.05) is 0 Å². The molecule has 1 heterocycles. The highest BCUT2D eigenvalue weighted by Crippen LogP contribution is 2.36. The summed E-state index contributed by atoms with van der Waals surface area (Å²) in [5, 5.41) is 0.135. The molecule has 0 amide bonds. The van der Waals surface area contributed by atoms with Crippen molar-refractivity contribution in [3.63, 3.8) is 0 Å². The lowest BCUT2D eigenvalue weighted by molar-refractivity contribution is 0.0951. The summed E-state index contributed by atoms with van der Waals surface area (Å²) < 4.78 is 18.5. The van der Waals surface area contributed by atoms with Crippen molar-refractivity contribution in [2.24, 2.45) is 5.92 Å². The molecule has 2 unspecified atom stereocenters. The Morgan fingerprint density at radius 1 is 1.47 bits per heavy atom. The van der Waals surface area contributed by atoms with Crippen molar-refractivity contribution in [2.45, 2.75) is 12.5 Å². The molecule has 1 aliphatic heterocycles. The second kappa shape index (κ2) is 4.69. The van der Waals surface area contributed by atoms with Crippen LogP contribution < -0.4 is 0 Å². The topological polar surface area (TPSA) is 9.23 Å². The zero-order valence-corrected chi connectivity index (χ0v) is 9.56. The molecule has 1 aromatic carbocycles. The lowest BCUT2D eigenvalue weighted by Gasteiger charge is -2.16. The first-order valence-corrected chi connectivity index (χ1v) is 5.76. The van der Waals surface area contributed by atoms with Crippen LogP contribution in [-0.4, -0.2) is 12.5 Å². The Hall–Kier alpha value is -0.310. The lowest BCUT2D eigenvalue weighted by atomic mass is 9.97. The molecule has 1 saturated heterocycles. The van der Waals surface area contributed by atoms with Gasteiger partial charge < -0.3 is 4.74 Å². The summed E-state index contributed by atoms with van der Waals surface area (Å²) in [6.45, 7) is 0.705. The van der Waals surface area contributed by atoms with Crippen LogP contribution >= 0.6 is 23.2 Å². The SMILES string of the molecule is Fc1ccc(C2OCCC2CCl)cc1Cl. The normalized spacial score (nSPS) is 25.8. The fourth-order valence-electron chi connectivity index (χ4n) is 1.85. The Kier molecular flexibility index (Phi) is 3.49. The molecule has 1 nitrogen and oxygen atoms in total. The van der Waals surface area contributed by atoms with Gasteiger partial charge >= 0.3 is 0 Å². The summed E-state index contributed by atoms with van der Waals surface area (Å²) in [5.41, 5.74) is 0.907. The molecule has 0 radical (unpaired) electrons. The molecule has 0 bridgehead atoms. The van der Waals surface area contributed by atoms with E-state index in [2.05, 4.69) is 0 Å². The molecular weight excluding hydrogens is 238 g/mol. The summed E-state index contributed by atoms with van der Waals surface area (Å²) in [5.74, 6) is 0.452. The van der Waals surface area contributed by atoms with E-state index in [9.17, 15) is 4.39 Å². The van der Waals surface area contributed by atoms with Crippen LogP contribution in [0.15, 0.2) is 18.2 Å². The minimum atomic E-state index is -0.402. The second-order valence-corrected chi connectivity index (χ2v) is 4.38. The van der Waals surface area contributed by atoms with E-state index in [-0.39, 0.29) is 11.1 Å². The molecule has 1 aromatic rings. The summed E-state index contributed by atoms with van der Waals surface area (Å²) in [4.78, 5) is 0. The second-order valence-electron chi connectivity index (χ2n) is 3.67. The quantitative estimate of drug-likeness (QED) is 0.724. The van der Waals surface area contributed by atoms with Gasteiger partial charge in [-0.25, -0.2) is 4.39 Å². The number of alkyl halides is 1. The summed E-state index contributed by atoms with van der Waals surface area (Å²) in [6.07, 6.45) is 0.906. The van der Waals surface area contributed by atoms with Gasteiger partial charge in [-0.3, -0.25) is 0 Å².